The summed E-state index contributed by atoms with van der Waals surface area (Å²) < 4.78 is 36.8. The summed E-state index contributed by atoms with van der Waals surface area (Å²) in [4.78, 5) is 16.5. The van der Waals surface area contributed by atoms with E-state index in [9.17, 15) is 18.0 Å². The summed E-state index contributed by atoms with van der Waals surface area (Å²) in [5.41, 5.74) is 0.638. The van der Waals surface area contributed by atoms with Crippen molar-refractivity contribution in [3.05, 3.63) is 24.0 Å². The van der Waals surface area contributed by atoms with Gasteiger partial charge in [0.25, 0.3) is 5.91 Å². The number of amides is 1. The van der Waals surface area contributed by atoms with Crippen LogP contribution in [0, 0.1) is 0 Å². The van der Waals surface area contributed by atoms with Crippen molar-refractivity contribution in [3.8, 4) is 0 Å². The quantitative estimate of drug-likeness (QED) is 0.898. The Morgan fingerprint density at radius 1 is 1.47 bits per heavy atom. The first-order valence-electron chi connectivity index (χ1n) is 5.85. The van der Waals surface area contributed by atoms with Gasteiger partial charge in [-0.15, -0.1) is 0 Å². The molecule has 4 nitrogen and oxygen atoms in total. The Labute approximate surface area is 109 Å². The van der Waals surface area contributed by atoms with Gasteiger partial charge in [-0.25, -0.2) is 0 Å². The number of rotatable bonds is 5. The standard InChI is InChI=1S/C12H16F3N3O/c1-3-5-17-10-7-16-6-4-9(10)11(19)18(2)8-12(13,14)15/h4,6-7,17H,3,5,8H2,1-2H3. The van der Waals surface area contributed by atoms with Crippen LogP contribution in [0.2, 0.25) is 0 Å². The van der Waals surface area contributed by atoms with E-state index in [1.165, 1.54) is 18.5 Å². The molecular formula is C12H16F3N3O. The molecule has 19 heavy (non-hydrogen) atoms. The van der Waals surface area contributed by atoms with Gasteiger partial charge in [0.1, 0.15) is 6.54 Å². The largest absolute Gasteiger partial charge is 0.406 e. The highest BCUT2D eigenvalue weighted by Gasteiger charge is 2.32. The van der Waals surface area contributed by atoms with Crippen LogP contribution in [-0.2, 0) is 0 Å². The van der Waals surface area contributed by atoms with Crippen molar-refractivity contribution in [2.45, 2.75) is 19.5 Å². The molecule has 0 spiro atoms. The molecule has 1 heterocycles. The molecule has 0 aliphatic carbocycles. The third kappa shape index (κ3) is 4.76. The Hall–Kier alpha value is -1.79. The van der Waals surface area contributed by atoms with Crippen molar-refractivity contribution in [1.82, 2.24) is 9.88 Å². The van der Waals surface area contributed by atoms with Gasteiger partial charge in [0, 0.05) is 19.8 Å². The van der Waals surface area contributed by atoms with Crippen molar-refractivity contribution in [2.24, 2.45) is 0 Å². The number of carbonyl (C=O) groups excluding carboxylic acids is 1. The van der Waals surface area contributed by atoms with Crippen LogP contribution in [-0.4, -0.2) is 42.1 Å². The monoisotopic (exact) mass is 275 g/mol. The summed E-state index contributed by atoms with van der Waals surface area (Å²) in [5.74, 6) is -0.682. The molecule has 0 saturated carbocycles. The zero-order valence-corrected chi connectivity index (χ0v) is 10.8. The molecule has 0 bridgehead atoms. The number of aromatic nitrogens is 1. The van der Waals surface area contributed by atoms with E-state index in [0.717, 1.165) is 13.5 Å². The second kappa shape index (κ2) is 6.40. The number of pyridine rings is 1. The molecule has 1 amide bonds. The second-order valence-corrected chi connectivity index (χ2v) is 4.12. The highest BCUT2D eigenvalue weighted by Crippen LogP contribution is 2.20. The molecule has 1 rings (SSSR count). The summed E-state index contributed by atoms with van der Waals surface area (Å²) >= 11 is 0. The van der Waals surface area contributed by atoms with Crippen molar-refractivity contribution in [1.29, 1.82) is 0 Å². The van der Waals surface area contributed by atoms with E-state index >= 15 is 0 Å². The maximum atomic E-state index is 12.3. The predicted octanol–water partition coefficient (Wildman–Crippen LogP) is 2.54. The molecule has 0 saturated heterocycles. The minimum absolute atomic E-state index is 0.190. The molecule has 0 aromatic carbocycles. The fourth-order valence-corrected chi connectivity index (χ4v) is 1.53. The van der Waals surface area contributed by atoms with E-state index in [4.69, 9.17) is 0 Å². The zero-order chi connectivity index (χ0) is 14.5. The molecule has 1 N–H and O–H groups in total. The molecule has 106 valence electrons. The van der Waals surface area contributed by atoms with Gasteiger partial charge in [-0.3, -0.25) is 9.78 Å². The normalized spacial score (nSPS) is 11.2. The SMILES string of the molecule is CCCNc1cnccc1C(=O)N(C)CC(F)(F)F. The molecule has 0 unspecified atom stereocenters. The average Bonchev–Trinajstić information content (AvgIpc) is 2.33. The van der Waals surface area contributed by atoms with Gasteiger partial charge in [0.15, 0.2) is 0 Å². The summed E-state index contributed by atoms with van der Waals surface area (Å²) in [5, 5.41) is 2.97. The van der Waals surface area contributed by atoms with E-state index in [-0.39, 0.29) is 5.56 Å². The predicted molar refractivity (Wildman–Crippen MR) is 66.0 cm³/mol. The summed E-state index contributed by atoms with van der Waals surface area (Å²) in [7, 11) is 1.12. The number of hydrogen-bond donors (Lipinski definition) is 1. The van der Waals surface area contributed by atoms with Crippen molar-refractivity contribution < 1.29 is 18.0 Å². The third-order valence-corrected chi connectivity index (χ3v) is 2.38. The molecule has 1 aromatic rings. The Kier molecular flexibility index (Phi) is 5.14. The van der Waals surface area contributed by atoms with Gasteiger partial charge in [-0.2, -0.15) is 13.2 Å². The molecule has 0 atom stereocenters. The number of anilines is 1. The van der Waals surface area contributed by atoms with Gasteiger partial charge in [0.05, 0.1) is 17.4 Å². The van der Waals surface area contributed by atoms with Gasteiger partial charge >= 0.3 is 6.18 Å². The number of halogens is 3. The van der Waals surface area contributed by atoms with Gasteiger partial charge in [-0.1, -0.05) is 6.92 Å². The minimum Gasteiger partial charge on any atom is -0.383 e. The second-order valence-electron chi connectivity index (χ2n) is 4.12. The van der Waals surface area contributed by atoms with Crippen LogP contribution in [0.4, 0.5) is 18.9 Å². The molecule has 0 aliphatic heterocycles. The van der Waals surface area contributed by atoms with Gasteiger partial charge in [0.2, 0.25) is 0 Å². The molecule has 0 radical (unpaired) electrons. The Bertz CT molecular complexity index is 434. The fraction of sp³-hybridized carbons (Fsp3) is 0.500. The molecule has 1 aromatic heterocycles. The molecule has 0 aliphatic rings. The lowest BCUT2D eigenvalue weighted by Crippen LogP contribution is -2.36. The number of alkyl halides is 3. The van der Waals surface area contributed by atoms with Crippen LogP contribution < -0.4 is 5.32 Å². The zero-order valence-electron chi connectivity index (χ0n) is 10.8. The van der Waals surface area contributed by atoms with Crippen molar-refractivity contribution in [2.75, 3.05) is 25.5 Å². The lowest BCUT2D eigenvalue weighted by molar-refractivity contribution is -0.138. The summed E-state index contributed by atoms with van der Waals surface area (Å²) in [6, 6.07) is 1.41. The van der Waals surface area contributed by atoms with E-state index in [2.05, 4.69) is 10.3 Å². The van der Waals surface area contributed by atoms with Crippen LogP contribution in [0.5, 0.6) is 0 Å². The number of carbonyl (C=O) groups is 1. The number of nitrogens with zero attached hydrogens (tertiary/aromatic N) is 2. The van der Waals surface area contributed by atoms with E-state index in [1.54, 1.807) is 0 Å². The fourth-order valence-electron chi connectivity index (χ4n) is 1.53. The van der Waals surface area contributed by atoms with Gasteiger partial charge in [-0.05, 0) is 12.5 Å². The van der Waals surface area contributed by atoms with Crippen LogP contribution in [0.25, 0.3) is 0 Å². The van der Waals surface area contributed by atoms with Crippen molar-refractivity contribution in [3.63, 3.8) is 0 Å². The first kappa shape index (κ1) is 15.3. The highest BCUT2D eigenvalue weighted by atomic mass is 19.4. The Morgan fingerprint density at radius 3 is 2.74 bits per heavy atom. The molecule has 0 fully saturated rings. The topological polar surface area (TPSA) is 45.2 Å². The molecule has 7 heteroatoms. The van der Waals surface area contributed by atoms with E-state index in [0.29, 0.717) is 17.1 Å². The highest BCUT2D eigenvalue weighted by molar-refractivity contribution is 5.99. The molecular weight excluding hydrogens is 259 g/mol. The van der Waals surface area contributed by atoms with Crippen LogP contribution in [0.3, 0.4) is 0 Å². The van der Waals surface area contributed by atoms with Crippen LogP contribution in [0.15, 0.2) is 18.5 Å². The minimum atomic E-state index is -4.41. The lowest BCUT2D eigenvalue weighted by Gasteiger charge is -2.20. The van der Waals surface area contributed by atoms with Gasteiger partial charge < -0.3 is 10.2 Å². The Morgan fingerprint density at radius 2 is 2.16 bits per heavy atom. The van der Waals surface area contributed by atoms with Crippen LogP contribution in [0.1, 0.15) is 23.7 Å². The summed E-state index contributed by atoms with van der Waals surface area (Å²) in [6.07, 6.45) is -0.758. The average molecular weight is 275 g/mol. The first-order valence-corrected chi connectivity index (χ1v) is 5.85. The smallest absolute Gasteiger partial charge is 0.383 e. The van der Waals surface area contributed by atoms with E-state index < -0.39 is 18.6 Å². The number of hydrogen-bond acceptors (Lipinski definition) is 3. The maximum absolute atomic E-state index is 12.3. The number of nitrogens with one attached hydrogen (secondary N) is 1. The summed E-state index contributed by atoms with van der Waals surface area (Å²) in [6.45, 7) is 1.29. The Balaban J connectivity index is 2.86. The lowest BCUT2D eigenvalue weighted by atomic mass is 10.2. The van der Waals surface area contributed by atoms with Crippen molar-refractivity contribution >= 4 is 11.6 Å². The maximum Gasteiger partial charge on any atom is 0.406 e. The van der Waals surface area contributed by atoms with Crippen LogP contribution >= 0.6 is 0 Å². The van der Waals surface area contributed by atoms with E-state index in [1.807, 2.05) is 6.92 Å². The third-order valence-electron chi connectivity index (χ3n) is 2.38. The first-order chi connectivity index (χ1) is 8.85.